The van der Waals surface area contributed by atoms with E-state index in [-0.39, 0.29) is 5.91 Å². The Morgan fingerprint density at radius 2 is 2.10 bits per heavy atom. The van der Waals surface area contributed by atoms with Crippen LogP contribution in [0, 0.1) is 24.2 Å². The Kier molecular flexibility index (Phi) is 7.44. The van der Waals surface area contributed by atoms with Gasteiger partial charge in [0.2, 0.25) is 0 Å². The van der Waals surface area contributed by atoms with Gasteiger partial charge < -0.3 is 14.8 Å². The van der Waals surface area contributed by atoms with Gasteiger partial charge >= 0.3 is 0 Å². The van der Waals surface area contributed by atoms with Crippen molar-refractivity contribution >= 4 is 11.6 Å². The molecule has 0 spiro atoms. The number of nitrogens with zero attached hydrogens (tertiary/aromatic N) is 4. The summed E-state index contributed by atoms with van der Waals surface area (Å²) in [4.78, 5) is 17.3. The van der Waals surface area contributed by atoms with Gasteiger partial charge in [-0.1, -0.05) is 18.2 Å². The number of anilines is 1. The van der Waals surface area contributed by atoms with Crippen molar-refractivity contribution in [2.24, 2.45) is 5.92 Å². The minimum Gasteiger partial charge on any atom is -0.492 e. The van der Waals surface area contributed by atoms with Gasteiger partial charge in [-0.15, -0.1) is 0 Å². The summed E-state index contributed by atoms with van der Waals surface area (Å²) < 4.78 is 13.4. The molecule has 0 saturated carbocycles. The summed E-state index contributed by atoms with van der Waals surface area (Å²) >= 11 is 0. The van der Waals surface area contributed by atoms with Crippen LogP contribution in [0.25, 0.3) is 16.8 Å². The van der Waals surface area contributed by atoms with Crippen LogP contribution in [0.2, 0.25) is 0 Å². The van der Waals surface area contributed by atoms with Gasteiger partial charge in [-0.3, -0.25) is 9.78 Å². The number of nitrogens with one attached hydrogen (secondary N) is 1. The fourth-order valence-electron chi connectivity index (χ4n) is 4.49. The van der Waals surface area contributed by atoms with Gasteiger partial charge in [-0.2, -0.15) is 10.4 Å². The fourth-order valence-corrected chi connectivity index (χ4v) is 4.49. The molecule has 5 rings (SSSR count). The summed E-state index contributed by atoms with van der Waals surface area (Å²) in [6, 6.07) is 17.0. The lowest BCUT2D eigenvalue weighted by Gasteiger charge is -2.16. The topological polar surface area (TPSA) is 102 Å². The average molecular weight is 522 g/mol. The number of hydrogen-bond donors (Lipinski definition) is 1. The first-order chi connectivity index (χ1) is 18.8. The number of amides is 1. The van der Waals surface area contributed by atoms with Gasteiger partial charge in [-0.05, 0) is 68.7 Å². The summed E-state index contributed by atoms with van der Waals surface area (Å²) in [6.07, 6.45) is 8.24. The van der Waals surface area contributed by atoms with Crippen molar-refractivity contribution < 1.29 is 14.3 Å². The maximum absolute atomic E-state index is 13.1. The number of aromatic nitrogens is 3. The van der Waals surface area contributed by atoms with Crippen LogP contribution >= 0.6 is 0 Å². The molecule has 8 heteroatoms. The Morgan fingerprint density at radius 1 is 1.23 bits per heavy atom. The Balaban J connectivity index is 1.35. The number of pyridine rings is 1. The molecule has 1 saturated heterocycles. The van der Waals surface area contributed by atoms with Crippen molar-refractivity contribution in [3.05, 3.63) is 90.0 Å². The number of nitriles is 1. The van der Waals surface area contributed by atoms with Crippen LogP contribution in [0.1, 0.15) is 41.8 Å². The molecule has 1 fully saturated rings. The molecule has 0 aliphatic carbocycles. The van der Waals surface area contributed by atoms with E-state index in [4.69, 9.17) is 9.47 Å². The Hall–Kier alpha value is -4.48. The smallest absolute Gasteiger partial charge is 0.255 e. The number of aryl methyl sites for hydroxylation is 1. The highest BCUT2D eigenvalue weighted by molar-refractivity contribution is 6.04. The molecule has 1 N–H and O–H groups in total. The summed E-state index contributed by atoms with van der Waals surface area (Å²) in [5, 5.41) is 17.0. The van der Waals surface area contributed by atoms with E-state index >= 15 is 0 Å². The number of hydrogen-bond acceptors (Lipinski definition) is 6. The van der Waals surface area contributed by atoms with Crippen LogP contribution < -0.4 is 10.1 Å². The van der Waals surface area contributed by atoms with Crippen LogP contribution in [0.3, 0.4) is 0 Å². The van der Waals surface area contributed by atoms with Crippen LogP contribution in [0.4, 0.5) is 5.69 Å². The molecule has 4 aromatic rings. The first-order valence-corrected chi connectivity index (χ1v) is 13.0. The quantitative estimate of drug-likeness (QED) is 0.319. The Labute approximate surface area is 228 Å². The number of benzene rings is 2. The minimum atomic E-state index is -0.685. The summed E-state index contributed by atoms with van der Waals surface area (Å²) in [5.41, 5.74) is 4.84. The van der Waals surface area contributed by atoms with Crippen molar-refractivity contribution in [2.75, 3.05) is 25.1 Å². The third kappa shape index (κ3) is 5.84. The fraction of sp³-hybridized carbons (Fsp3) is 0.290. The average Bonchev–Trinajstić information content (AvgIpc) is 3.66. The van der Waals surface area contributed by atoms with Gasteiger partial charge in [0.05, 0.1) is 36.6 Å². The molecule has 1 aliphatic rings. The lowest BCUT2D eigenvalue weighted by molar-refractivity contribution is 0.102. The molecule has 3 heterocycles. The molecule has 8 nitrogen and oxygen atoms in total. The monoisotopic (exact) mass is 521 g/mol. The normalized spacial score (nSPS) is 15.1. The molecular weight excluding hydrogens is 490 g/mol. The summed E-state index contributed by atoms with van der Waals surface area (Å²) in [7, 11) is 0. The van der Waals surface area contributed by atoms with Crippen molar-refractivity contribution in [2.45, 2.75) is 32.6 Å². The van der Waals surface area contributed by atoms with Crippen LogP contribution in [0.5, 0.6) is 5.75 Å². The van der Waals surface area contributed by atoms with E-state index in [1.54, 1.807) is 41.5 Å². The highest BCUT2D eigenvalue weighted by atomic mass is 16.5. The molecule has 1 unspecified atom stereocenters. The molecule has 39 heavy (non-hydrogen) atoms. The molecule has 1 amide bonds. The molecule has 198 valence electrons. The second-order valence-corrected chi connectivity index (χ2v) is 10.4. The molecule has 0 bridgehead atoms. The predicted octanol–water partition coefficient (Wildman–Crippen LogP) is 5.71. The van der Waals surface area contributed by atoms with E-state index in [0.717, 1.165) is 53.3 Å². The van der Waals surface area contributed by atoms with Crippen LogP contribution in [-0.4, -0.2) is 40.5 Å². The lowest BCUT2D eigenvalue weighted by atomic mass is 9.85. The largest absolute Gasteiger partial charge is 0.492 e. The predicted molar refractivity (Wildman–Crippen MR) is 149 cm³/mol. The Bertz CT molecular complexity index is 1530. The molecule has 1 aliphatic heterocycles. The zero-order valence-corrected chi connectivity index (χ0v) is 22.3. The summed E-state index contributed by atoms with van der Waals surface area (Å²) in [5.74, 6) is 0.914. The minimum absolute atomic E-state index is 0.244. The molecular formula is C31H31N5O3. The standard InChI is InChI=1S/C31H31N5O3/c1-21-7-8-26(35-30(37)23-5-4-6-25(13-23)31(2,3)20-32)14-28(21)36-17-24(15-34-36)27-16-33-11-9-29(27)39-19-22-10-12-38-18-22/h4-9,11,13-17,22H,10,12,18-19H2,1-3H3,(H,35,37). The van der Waals surface area contributed by atoms with Crippen molar-refractivity contribution in [3.8, 4) is 28.6 Å². The second-order valence-electron chi connectivity index (χ2n) is 10.4. The first-order valence-electron chi connectivity index (χ1n) is 13.0. The molecule has 1 atom stereocenters. The zero-order chi connectivity index (χ0) is 27.4. The molecule has 0 radical (unpaired) electrons. The number of carbonyl (C=O) groups is 1. The third-order valence-electron chi connectivity index (χ3n) is 7.01. The summed E-state index contributed by atoms with van der Waals surface area (Å²) in [6.45, 7) is 7.78. The van der Waals surface area contributed by atoms with Crippen molar-refractivity contribution in [3.63, 3.8) is 0 Å². The maximum Gasteiger partial charge on any atom is 0.255 e. The van der Waals surface area contributed by atoms with Gasteiger partial charge in [0.25, 0.3) is 5.91 Å². The van der Waals surface area contributed by atoms with E-state index in [1.807, 2.05) is 57.3 Å². The molecule has 2 aromatic heterocycles. The Morgan fingerprint density at radius 3 is 2.90 bits per heavy atom. The van der Waals surface area contributed by atoms with E-state index in [9.17, 15) is 10.1 Å². The third-order valence-corrected chi connectivity index (χ3v) is 7.01. The molecule has 2 aromatic carbocycles. The van der Waals surface area contributed by atoms with Gasteiger partial charge in [-0.25, -0.2) is 4.68 Å². The van der Waals surface area contributed by atoms with E-state index in [2.05, 4.69) is 21.5 Å². The van der Waals surface area contributed by atoms with Crippen molar-refractivity contribution in [1.29, 1.82) is 5.26 Å². The number of ether oxygens (including phenoxy) is 2. The highest BCUT2D eigenvalue weighted by Gasteiger charge is 2.21. The van der Waals surface area contributed by atoms with Gasteiger partial charge in [0, 0.05) is 53.5 Å². The van der Waals surface area contributed by atoms with E-state index in [1.165, 1.54) is 0 Å². The number of carbonyl (C=O) groups excluding carboxylic acids is 1. The first kappa shape index (κ1) is 26.1. The van der Waals surface area contributed by atoms with Crippen LogP contribution in [-0.2, 0) is 10.2 Å². The van der Waals surface area contributed by atoms with Gasteiger partial charge in [0.1, 0.15) is 5.75 Å². The van der Waals surface area contributed by atoms with E-state index in [0.29, 0.717) is 23.8 Å². The number of rotatable bonds is 8. The van der Waals surface area contributed by atoms with E-state index < -0.39 is 5.41 Å². The second kappa shape index (κ2) is 11.1. The SMILES string of the molecule is Cc1ccc(NC(=O)c2cccc(C(C)(C)C#N)c2)cc1-n1cc(-c2cnccc2OCC2CCOC2)cn1. The zero-order valence-electron chi connectivity index (χ0n) is 22.3. The van der Waals surface area contributed by atoms with Gasteiger partial charge in [0.15, 0.2) is 0 Å². The van der Waals surface area contributed by atoms with Crippen molar-refractivity contribution in [1.82, 2.24) is 14.8 Å². The lowest BCUT2D eigenvalue weighted by Crippen LogP contribution is -2.17. The highest BCUT2D eigenvalue weighted by Crippen LogP contribution is 2.31. The maximum atomic E-state index is 13.1. The van der Waals surface area contributed by atoms with Crippen LogP contribution in [0.15, 0.2) is 73.3 Å².